The van der Waals surface area contributed by atoms with Crippen molar-refractivity contribution in [2.75, 3.05) is 37.4 Å². The molecule has 0 spiro atoms. The Morgan fingerprint density at radius 2 is 1.85 bits per heavy atom. The van der Waals surface area contributed by atoms with Gasteiger partial charge in [0, 0.05) is 44.3 Å². The van der Waals surface area contributed by atoms with Crippen molar-refractivity contribution >= 4 is 45.5 Å². The molecule has 1 aliphatic carbocycles. The van der Waals surface area contributed by atoms with E-state index in [1.54, 1.807) is 30.5 Å². The standard InChI is InChI=1S/C26H29ClN4O2S/c27-23-17-21(29-34(33)24-9-3-7-20-8-4-12-28-25(20)24)10-11-22(23)26(32)31-15-13-30(14-16-31)18-19-5-1-2-6-19/h3-4,7-12,17,19,29H,1-2,5-6,13-16,18H2. The van der Waals surface area contributed by atoms with E-state index >= 15 is 0 Å². The van der Waals surface area contributed by atoms with Crippen LogP contribution in [-0.4, -0.2) is 58.0 Å². The molecule has 5 rings (SSSR count). The summed E-state index contributed by atoms with van der Waals surface area (Å²) in [6, 6.07) is 14.5. The van der Waals surface area contributed by atoms with Crippen LogP contribution >= 0.6 is 11.6 Å². The van der Waals surface area contributed by atoms with E-state index in [0.717, 1.165) is 44.0 Å². The van der Waals surface area contributed by atoms with E-state index in [1.807, 2.05) is 29.2 Å². The number of amides is 1. The van der Waals surface area contributed by atoms with Crippen LogP contribution in [0.15, 0.2) is 59.6 Å². The molecule has 8 heteroatoms. The lowest BCUT2D eigenvalue weighted by Gasteiger charge is -2.36. The van der Waals surface area contributed by atoms with Gasteiger partial charge >= 0.3 is 0 Å². The molecule has 1 aromatic heterocycles. The third kappa shape index (κ3) is 5.18. The summed E-state index contributed by atoms with van der Waals surface area (Å²) in [7, 11) is 0. The maximum absolute atomic E-state index is 13.1. The zero-order valence-electron chi connectivity index (χ0n) is 19.1. The predicted molar refractivity (Wildman–Crippen MR) is 138 cm³/mol. The number of piperazine rings is 1. The van der Waals surface area contributed by atoms with Crippen molar-refractivity contribution in [3.8, 4) is 0 Å². The van der Waals surface area contributed by atoms with E-state index in [0.29, 0.717) is 26.7 Å². The SMILES string of the molecule is O=C(c1ccc(N[S+]([O-])c2cccc3cccnc23)cc1Cl)N1CCN(CC2CCCC2)CC1. The van der Waals surface area contributed by atoms with Gasteiger partial charge in [-0.1, -0.05) is 42.6 Å². The quantitative estimate of drug-likeness (QED) is 0.488. The lowest BCUT2D eigenvalue weighted by Crippen LogP contribution is -2.49. The molecule has 1 atom stereocenters. The molecular formula is C26H29ClN4O2S. The molecule has 178 valence electrons. The number of hydrogen-bond acceptors (Lipinski definition) is 5. The molecule has 1 amide bonds. The van der Waals surface area contributed by atoms with Crippen molar-refractivity contribution in [1.29, 1.82) is 0 Å². The number of nitrogens with one attached hydrogen (secondary N) is 1. The van der Waals surface area contributed by atoms with Gasteiger partial charge in [-0.25, -0.2) is 4.72 Å². The number of fused-ring (bicyclic) bond motifs is 1. The number of hydrogen-bond donors (Lipinski definition) is 1. The van der Waals surface area contributed by atoms with Crippen LogP contribution in [0.1, 0.15) is 36.0 Å². The van der Waals surface area contributed by atoms with Crippen LogP contribution in [0.2, 0.25) is 5.02 Å². The third-order valence-electron chi connectivity index (χ3n) is 6.86. The van der Waals surface area contributed by atoms with Gasteiger partial charge in [-0.2, -0.15) is 0 Å². The molecule has 34 heavy (non-hydrogen) atoms. The van der Waals surface area contributed by atoms with Crippen molar-refractivity contribution in [2.45, 2.75) is 30.6 Å². The Labute approximate surface area is 208 Å². The number of aromatic nitrogens is 1. The fourth-order valence-electron chi connectivity index (χ4n) is 5.00. The van der Waals surface area contributed by atoms with Crippen molar-refractivity contribution < 1.29 is 9.35 Å². The number of pyridine rings is 1. The normalized spacial score (nSPS) is 18.4. The summed E-state index contributed by atoms with van der Waals surface area (Å²) in [5.74, 6) is 0.781. The highest BCUT2D eigenvalue weighted by Crippen LogP contribution is 2.28. The number of para-hydroxylation sites is 1. The molecule has 0 radical (unpaired) electrons. The van der Waals surface area contributed by atoms with Gasteiger partial charge in [-0.05, 0) is 49.1 Å². The molecule has 1 saturated heterocycles. The molecule has 6 nitrogen and oxygen atoms in total. The molecule has 2 aromatic carbocycles. The average molecular weight is 497 g/mol. The molecular weight excluding hydrogens is 468 g/mol. The van der Waals surface area contributed by atoms with E-state index in [4.69, 9.17) is 11.6 Å². The summed E-state index contributed by atoms with van der Waals surface area (Å²) < 4.78 is 16.0. The maximum Gasteiger partial charge on any atom is 0.255 e. The second-order valence-corrected chi connectivity index (χ2v) is 10.7. The molecule has 1 N–H and O–H groups in total. The van der Waals surface area contributed by atoms with Crippen LogP contribution < -0.4 is 4.72 Å². The van der Waals surface area contributed by atoms with Crippen molar-refractivity contribution in [2.24, 2.45) is 5.92 Å². The highest BCUT2D eigenvalue weighted by atomic mass is 35.5. The van der Waals surface area contributed by atoms with Gasteiger partial charge in [0.25, 0.3) is 5.91 Å². The van der Waals surface area contributed by atoms with Gasteiger partial charge in [0.1, 0.15) is 16.9 Å². The Morgan fingerprint density at radius 3 is 2.62 bits per heavy atom. The number of benzene rings is 2. The minimum absolute atomic E-state index is 0.0450. The topological polar surface area (TPSA) is 71.5 Å². The van der Waals surface area contributed by atoms with Gasteiger partial charge in [0.15, 0.2) is 0 Å². The van der Waals surface area contributed by atoms with E-state index in [1.165, 1.54) is 25.7 Å². The molecule has 1 saturated carbocycles. The van der Waals surface area contributed by atoms with Crippen LogP contribution in [-0.2, 0) is 11.4 Å². The molecule has 2 heterocycles. The first-order chi connectivity index (χ1) is 16.6. The second kappa shape index (κ2) is 10.5. The summed E-state index contributed by atoms with van der Waals surface area (Å²) in [5.41, 5.74) is 1.77. The first kappa shape index (κ1) is 23.4. The van der Waals surface area contributed by atoms with Crippen LogP contribution in [0.5, 0.6) is 0 Å². The van der Waals surface area contributed by atoms with Crippen LogP contribution in [0.4, 0.5) is 5.69 Å². The van der Waals surface area contributed by atoms with Gasteiger partial charge in [0.05, 0.1) is 16.3 Å². The zero-order valence-corrected chi connectivity index (χ0v) is 20.7. The van der Waals surface area contributed by atoms with Crippen molar-refractivity contribution in [1.82, 2.24) is 14.8 Å². The van der Waals surface area contributed by atoms with Crippen molar-refractivity contribution in [3.63, 3.8) is 0 Å². The van der Waals surface area contributed by atoms with Gasteiger partial charge in [-0.3, -0.25) is 14.7 Å². The summed E-state index contributed by atoms with van der Waals surface area (Å²) in [4.78, 5) is 22.5. The van der Waals surface area contributed by atoms with Crippen LogP contribution in [0.3, 0.4) is 0 Å². The third-order valence-corrected chi connectivity index (χ3v) is 8.32. The molecule has 3 aromatic rings. The van der Waals surface area contributed by atoms with E-state index < -0.39 is 11.4 Å². The van der Waals surface area contributed by atoms with Gasteiger partial charge in [0.2, 0.25) is 4.90 Å². The number of anilines is 1. The monoisotopic (exact) mass is 496 g/mol. The number of carbonyl (C=O) groups is 1. The Balaban J connectivity index is 1.22. The summed E-state index contributed by atoms with van der Waals surface area (Å²) in [6.45, 7) is 4.43. The molecule has 2 fully saturated rings. The average Bonchev–Trinajstić information content (AvgIpc) is 3.37. The fraction of sp³-hybridized carbons (Fsp3) is 0.385. The van der Waals surface area contributed by atoms with E-state index in [-0.39, 0.29) is 5.91 Å². The highest BCUT2D eigenvalue weighted by molar-refractivity contribution is 7.93. The molecule has 0 bridgehead atoms. The number of nitrogens with zero attached hydrogens (tertiary/aromatic N) is 3. The Kier molecular flexibility index (Phi) is 7.25. The Bertz CT molecular complexity index is 1160. The first-order valence-corrected chi connectivity index (χ1v) is 13.4. The minimum Gasteiger partial charge on any atom is -0.588 e. The highest BCUT2D eigenvalue weighted by Gasteiger charge is 2.26. The van der Waals surface area contributed by atoms with Gasteiger partial charge in [-0.15, -0.1) is 0 Å². The zero-order chi connectivity index (χ0) is 23.5. The van der Waals surface area contributed by atoms with Crippen LogP contribution in [0, 0.1) is 5.92 Å². The van der Waals surface area contributed by atoms with Crippen molar-refractivity contribution in [3.05, 3.63) is 65.3 Å². The number of halogens is 1. The molecule has 2 aliphatic rings. The largest absolute Gasteiger partial charge is 0.588 e. The van der Waals surface area contributed by atoms with E-state index in [9.17, 15) is 9.35 Å². The van der Waals surface area contributed by atoms with Gasteiger partial charge < -0.3 is 9.45 Å². The predicted octanol–water partition coefficient (Wildman–Crippen LogP) is 4.97. The van der Waals surface area contributed by atoms with E-state index in [2.05, 4.69) is 14.6 Å². The summed E-state index contributed by atoms with van der Waals surface area (Å²) in [6.07, 6.45) is 7.10. The van der Waals surface area contributed by atoms with Crippen LogP contribution in [0.25, 0.3) is 10.9 Å². The summed E-state index contributed by atoms with van der Waals surface area (Å²) in [5, 5.41) is 1.29. The second-order valence-electron chi connectivity index (χ2n) is 9.14. The number of rotatable bonds is 6. The molecule has 1 unspecified atom stereocenters. The lowest BCUT2D eigenvalue weighted by molar-refractivity contribution is 0.0618. The summed E-state index contributed by atoms with van der Waals surface area (Å²) >= 11 is 4.98. The first-order valence-electron chi connectivity index (χ1n) is 11.9. The lowest BCUT2D eigenvalue weighted by atomic mass is 10.1. The molecule has 1 aliphatic heterocycles. The fourth-order valence-corrected chi connectivity index (χ4v) is 6.26. The smallest absolute Gasteiger partial charge is 0.255 e. The maximum atomic E-state index is 13.1. The minimum atomic E-state index is -1.52. The Morgan fingerprint density at radius 1 is 1.09 bits per heavy atom. The number of carbonyl (C=O) groups excluding carboxylic acids is 1. The Hall–Kier alpha value is -2.32.